The van der Waals surface area contributed by atoms with E-state index in [4.69, 9.17) is 9.47 Å². The van der Waals surface area contributed by atoms with Crippen molar-refractivity contribution < 1.29 is 19.4 Å². The third-order valence-corrected chi connectivity index (χ3v) is 4.16. The lowest BCUT2D eigenvalue weighted by atomic mass is 10.2. The molecule has 0 saturated heterocycles. The van der Waals surface area contributed by atoms with E-state index in [9.17, 15) is 9.90 Å². The van der Waals surface area contributed by atoms with Gasteiger partial charge in [0.15, 0.2) is 17.3 Å². The first-order valence-electron chi connectivity index (χ1n) is 6.68. The average Bonchev–Trinajstić information content (AvgIpc) is 2.89. The minimum atomic E-state index is -0.0678. The molecule has 1 aromatic heterocycles. The molecule has 0 aliphatic carbocycles. The SMILES string of the molecule is COc1cc(/C=N\Nc2nc(C)c(C(C)=O)s2)cc(OC)c1O. The number of phenolic OH excluding ortho intramolecular Hbond substituents is 1. The maximum Gasteiger partial charge on any atom is 0.204 e. The number of rotatable bonds is 6. The summed E-state index contributed by atoms with van der Waals surface area (Å²) in [4.78, 5) is 16.2. The summed E-state index contributed by atoms with van der Waals surface area (Å²) in [6, 6.07) is 3.24. The smallest absolute Gasteiger partial charge is 0.204 e. The molecule has 0 saturated carbocycles. The monoisotopic (exact) mass is 335 g/mol. The van der Waals surface area contributed by atoms with Crippen molar-refractivity contribution in [3.05, 3.63) is 28.3 Å². The zero-order valence-electron chi connectivity index (χ0n) is 13.2. The molecule has 0 spiro atoms. The minimum Gasteiger partial charge on any atom is -0.502 e. The van der Waals surface area contributed by atoms with Gasteiger partial charge in [0.2, 0.25) is 10.9 Å². The molecule has 0 amide bonds. The molecule has 0 bridgehead atoms. The third-order valence-electron chi connectivity index (χ3n) is 2.99. The van der Waals surface area contributed by atoms with Gasteiger partial charge in [-0.3, -0.25) is 10.2 Å². The number of aryl methyl sites for hydroxylation is 1. The Kier molecular flexibility index (Phi) is 5.17. The van der Waals surface area contributed by atoms with E-state index < -0.39 is 0 Å². The number of aromatic nitrogens is 1. The number of anilines is 1. The quantitative estimate of drug-likeness (QED) is 0.479. The average molecular weight is 335 g/mol. The van der Waals surface area contributed by atoms with Gasteiger partial charge in [-0.25, -0.2) is 4.98 Å². The Bertz CT molecular complexity index is 730. The van der Waals surface area contributed by atoms with E-state index in [0.717, 1.165) is 0 Å². The van der Waals surface area contributed by atoms with Crippen molar-refractivity contribution in [3.8, 4) is 17.2 Å². The first kappa shape index (κ1) is 16.8. The van der Waals surface area contributed by atoms with Crippen molar-refractivity contribution >= 4 is 28.5 Å². The van der Waals surface area contributed by atoms with Crippen LogP contribution in [0.4, 0.5) is 5.13 Å². The third kappa shape index (κ3) is 3.78. The molecule has 0 aliphatic rings. The number of ketones is 1. The first-order valence-corrected chi connectivity index (χ1v) is 7.50. The molecule has 0 fully saturated rings. The number of carbonyl (C=O) groups is 1. The Labute approximate surface area is 137 Å². The number of ether oxygens (including phenoxy) is 2. The highest BCUT2D eigenvalue weighted by Gasteiger charge is 2.11. The van der Waals surface area contributed by atoms with Crippen LogP contribution in [0.3, 0.4) is 0 Å². The molecule has 122 valence electrons. The second kappa shape index (κ2) is 7.10. The van der Waals surface area contributed by atoms with E-state index in [1.165, 1.54) is 38.7 Å². The van der Waals surface area contributed by atoms with Crippen molar-refractivity contribution in [2.24, 2.45) is 5.10 Å². The van der Waals surface area contributed by atoms with Gasteiger partial charge in [0.05, 0.1) is 31.0 Å². The Balaban J connectivity index is 2.17. The Hall–Kier alpha value is -2.61. The van der Waals surface area contributed by atoms with Crippen molar-refractivity contribution in [2.75, 3.05) is 19.6 Å². The molecule has 2 aromatic rings. The molecule has 23 heavy (non-hydrogen) atoms. The van der Waals surface area contributed by atoms with Gasteiger partial charge >= 0.3 is 0 Å². The number of aromatic hydroxyl groups is 1. The van der Waals surface area contributed by atoms with Gasteiger partial charge in [-0.05, 0) is 19.1 Å². The van der Waals surface area contributed by atoms with Crippen LogP contribution in [0.15, 0.2) is 17.2 Å². The summed E-state index contributed by atoms with van der Waals surface area (Å²) in [5.41, 5.74) is 4.12. The fourth-order valence-electron chi connectivity index (χ4n) is 1.92. The lowest BCUT2D eigenvalue weighted by Gasteiger charge is -2.09. The molecular weight excluding hydrogens is 318 g/mol. The van der Waals surface area contributed by atoms with Crippen LogP contribution in [0.2, 0.25) is 0 Å². The van der Waals surface area contributed by atoms with Gasteiger partial charge in [0, 0.05) is 12.5 Å². The molecule has 7 nitrogen and oxygen atoms in total. The maximum absolute atomic E-state index is 11.4. The van der Waals surface area contributed by atoms with Gasteiger partial charge in [-0.2, -0.15) is 5.10 Å². The van der Waals surface area contributed by atoms with Crippen LogP contribution in [0, 0.1) is 6.92 Å². The second-order valence-corrected chi connectivity index (χ2v) is 5.63. The molecule has 0 aliphatic heterocycles. The van der Waals surface area contributed by atoms with Gasteiger partial charge in [0.25, 0.3) is 0 Å². The molecule has 8 heteroatoms. The fourth-order valence-corrected chi connectivity index (χ4v) is 2.73. The summed E-state index contributed by atoms with van der Waals surface area (Å²) in [6.45, 7) is 3.28. The van der Waals surface area contributed by atoms with Crippen LogP contribution in [0.25, 0.3) is 0 Å². The number of nitrogens with zero attached hydrogens (tertiary/aromatic N) is 2. The molecule has 0 unspecified atom stereocenters. The maximum atomic E-state index is 11.4. The standard InChI is InChI=1S/C15H17N3O4S/c1-8-14(9(2)19)23-15(17-8)18-16-7-10-5-11(21-3)13(20)12(6-10)22-4/h5-7,20H,1-4H3,(H,17,18)/b16-7-. The van der Waals surface area contributed by atoms with Crippen LogP contribution in [-0.4, -0.2) is 36.3 Å². The molecule has 0 radical (unpaired) electrons. The number of hydrogen-bond acceptors (Lipinski definition) is 8. The largest absolute Gasteiger partial charge is 0.502 e. The molecule has 2 rings (SSSR count). The Morgan fingerprint density at radius 1 is 1.35 bits per heavy atom. The summed E-state index contributed by atoms with van der Waals surface area (Å²) < 4.78 is 10.2. The van der Waals surface area contributed by atoms with Crippen molar-refractivity contribution in [2.45, 2.75) is 13.8 Å². The van der Waals surface area contributed by atoms with E-state index in [1.54, 1.807) is 19.1 Å². The zero-order chi connectivity index (χ0) is 17.0. The topological polar surface area (TPSA) is 93.0 Å². The van der Waals surface area contributed by atoms with Crippen LogP contribution >= 0.6 is 11.3 Å². The molecule has 0 atom stereocenters. The van der Waals surface area contributed by atoms with E-state index in [0.29, 0.717) is 21.3 Å². The fraction of sp³-hybridized carbons (Fsp3) is 0.267. The van der Waals surface area contributed by atoms with Crippen LogP contribution < -0.4 is 14.9 Å². The van der Waals surface area contributed by atoms with Crippen LogP contribution in [-0.2, 0) is 0 Å². The van der Waals surface area contributed by atoms with Gasteiger partial charge in [0.1, 0.15) is 0 Å². The predicted octanol–water partition coefficient (Wildman–Crippen LogP) is 2.82. The summed E-state index contributed by atoms with van der Waals surface area (Å²) in [7, 11) is 2.91. The Morgan fingerprint density at radius 2 is 1.96 bits per heavy atom. The number of thiazole rings is 1. The number of hydrazone groups is 1. The number of hydrogen-bond donors (Lipinski definition) is 2. The van der Waals surface area contributed by atoms with E-state index in [2.05, 4.69) is 15.5 Å². The van der Waals surface area contributed by atoms with Gasteiger partial charge in [-0.15, -0.1) is 0 Å². The number of phenols is 1. The lowest BCUT2D eigenvalue weighted by Crippen LogP contribution is -1.94. The van der Waals surface area contributed by atoms with E-state index in [1.807, 2.05) is 0 Å². The van der Waals surface area contributed by atoms with E-state index in [-0.39, 0.29) is 23.0 Å². The highest BCUT2D eigenvalue weighted by molar-refractivity contribution is 7.17. The normalized spacial score (nSPS) is 10.8. The van der Waals surface area contributed by atoms with Crippen LogP contribution in [0.5, 0.6) is 17.2 Å². The van der Waals surface area contributed by atoms with Crippen molar-refractivity contribution in [1.29, 1.82) is 0 Å². The predicted molar refractivity (Wildman–Crippen MR) is 89.3 cm³/mol. The number of methoxy groups -OCH3 is 2. The zero-order valence-corrected chi connectivity index (χ0v) is 14.0. The second-order valence-electron chi connectivity index (χ2n) is 4.63. The number of benzene rings is 1. The van der Waals surface area contributed by atoms with E-state index >= 15 is 0 Å². The van der Waals surface area contributed by atoms with Crippen LogP contribution in [0.1, 0.15) is 27.9 Å². The number of carbonyl (C=O) groups excluding carboxylic acids is 1. The first-order chi connectivity index (χ1) is 11.0. The summed E-state index contributed by atoms with van der Waals surface area (Å²) in [6.07, 6.45) is 1.54. The van der Waals surface area contributed by atoms with Gasteiger partial charge in [-0.1, -0.05) is 11.3 Å². The molecular formula is C15H17N3O4S. The minimum absolute atomic E-state index is 0.0231. The summed E-state index contributed by atoms with van der Waals surface area (Å²) in [5, 5.41) is 14.5. The molecule has 2 N–H and O–H groups in total. The summed E-state index contributed by atoms with van der Waals surface area (Å²) >= 11 is 1.25. The number of nitrogens with one attached hydrogen (secondary N) is 1. The lowest BCUT2D eigenvalue weighted by molar-refractivity contribution is 0.102. The molecule has 1 aromatic carbocycles. The summed E-state index contributed by atoms with van der Waals surface area (Å²) in [5.74, 6) is 0.483. The molecule has 1 heterocycles. The van der Waals surface area contributed by atoms with Crippen molar-refractivity contribution in [3.63, 3.8) is 0 Å². The van der Waals surface area contributed by atoms with Gasteiger partial charge < -0.3 is 14.6 Å². The number of Topliss-reactive ketones (excluding diaryl/α,β-unsaturated/α-hetero) is 1. The highest BCUT2D eigenvalue weighted by Crippen LogP contribution is 2.36. The van der Waals surface area contributed by atoms with Crippen molar-refractivity contribution in [1.82, 2.24) is 4.98 Å². The Morgan fingerprint density at radius 3 is 2.43 bits per heavy atom. The highest BCUT2D eigenvalue weighted by atomic mass is 32.1.